The third kappa shape index (κ3) is 2.44. The van der Waals surface area contributed by atoms with Gasteiger partial charge in [0.25, 0.3) is 0 Å². The van der Waals surface area contributed by atoms with Crippen LogP contribution in [0.5, 0.6) is 0 Å². The first-order valence-electron chi connectivity index (χ1n) is 9.46. The lowest BCUT2D eigenvalue weighted by molar-refractivity contribution is 1.44. The Hall–Kier alpha value is -3.74. The Labute approximate surface area is 171 Å². The Morgan fingerprint density at radius 3 is 2.31 bits per heavy atom. The molecule has 0 saturated carbocycles. The number of allylic oxidation sites excluding steroid dienone is 1. The van der Waals surface area contributed by atoms with E-state index in [1.807, 2.05) is 30.3 Å². The van der Waals surface area contributed by atoms with E-state index >= 15 is 0 Å². The second-order valence-electron chi connectivity index (χ2n) is 7.17. The predicted octanol–water partition coefficient (Wildman–Crippen LogP) is 7.26. The summed E-state index contributed by atoms with van der Waals surface area (Å²) in [5.41, 5.74) is 2.58. The number of benzene rings is 5. The van der Waals surface area contributed by atoms with Crippen molar-refractivity contribution in [1.29, 1.82) is 5.26 Å². The topological polar surface area (TPSA) is 36.7 Å². The molecule has 0 atom stereocenters. The van der Waals surface area contributed by atoms with Crippen molar-refractivity contribution in [1.82, 2.24) is 4.98 Å². The minimum atomic E-state index is 0.598. The molecule has 1 heterocycles. The highest BCUT2D eigenvalue weighted by atomic mass is 32.1. The first-order valence-corrected chi connectivity index (χ1v) is 10.3. The van der Waals surface area contributed by atoms with E-state index in [-0.39, 0.29) is 0 Å². The molecule has 5 aromatic carbocycles. The lowest BCUT2D eigenvalue weighted by Gasteiger charge is -2.12. The van der Waals surface area contributed by atoms with E-state index in [9.17, 15) is 5.26 Å². The average molecular weight is 386 g/mol. The number of para-hydroxylation sites is 1. The van der Waals surface area contributed by atoms with E-state index in [1.54, 1.807) is 11.3 Å². The summed E-state index contributed by atoms with van der Waals surface area (Å²) in [6.45, 7) is 0. The van der Waals surface area contributed by atoms with Gasteiger partial charge in [0.05, 0.1) is 15.8 Å². The van der Waals surface area contributed by atoms with Crippen LogP contribution >= 0.6 is 11.3 Å². The molecule has 0 radical (unpaired) electrons. The van der Waals surface area contributed by atoms with Gasteiger partial charge in [-0.2, -0.15) is 5.26 Å². The molecule has 2 nitrogen and oxygen atoms in total. The Morgan fingerprint density at radius 1 is 0.793 bits per heavy atom. The maximum atomic E-state index is 9.86. The van der Waals surface area contributed by atoms with Crippen molar-refractivity contribution < 1.29 is 0 Å². The van der Waals surface area contributed by atoms with E-state index in [1.165, 1.54) is 32.3 Å². The van der Waals surface area contributed by atoms with Gasteiger partial charge in [-0.15, -0.1) is 11.3 Å². The number of nitrogens with zero attached hydrogens (tertiary/aromatic N) is 2. The number of rotatable bonds is 2. The van der Waals surface area contributed by atoms with Gasteiger partial charge in [-0.25, -0.2) is 4.98 Å². The molecule has 0 unspecified atom stereocenters. The van der Waals surface area contributed by atoms with E-state index < -0.39 is 0 Å². The first-order chi connectivity index (χ1) is 14.3. The molecule has 0 fully saturated rings. The molecule has 6 rings (SSSR count). The van der Waals surface area contributed by atoms with Gasteiger partial charge in [-0.1, -0.05) is 66.7 Å². The fourth-order valence-corrected chi connectivity index (χ4v) is 5.10. The van der Waals surface area contributed by atoms with E-state index in [0.29, 0.717) is 5.57 Å². The average Bonchev–Trinajstić information content (AvgIpc) is 3.20. The predicted molar refractivity (Wildman–Crippen MR) is 123 cm³/mol. The first kappa shape index (κ1) is 16.2. The fraction of sp³-hybridized carbons (Fsp3) is 0. The van der Waals surface area contributed by atoms with Crippen molar-refractivity contribution in [2.75, 3.05) is 0 Å². The molecule has 0 aliphatic heterocycles. The van der Waals surface area contributed by atoms with Crippen LogP contribution in [0.2, 0.25) is 0 Å². The van der Waals surface area contributed by atoms with Gasteiger partial charge >= 0.3 is 0 Å². The van der Waals surface area contributed by atoms with Crippen LogP contribution in [0, 0.1) is 11.3 Å². The van der Waals surface area contributed by atoms with Crippen molar-refractivity contribution in [3.8, 4) is 6.07 Å². The summed E-state index contributed by atoms with van der Waals surface area (Å²) >= 11 is 1.56. The maximum Gasteiger partial charge on any atom is 0.135 e. The highest BCUT2D eigenvalue weighted by molar-refractivity contribution is 7.19. The van der Waals surface area contributed by atoms with Crippen LogP contribution in [0.25, 0.3) is 54.2 Å². The number of aromatic nitrogens is 1. The highest BCUT2D eigenvalue weighted by Gasteiger charge is 2.12. The standard InChI is InChI=1S/C26H14N2S/c27-15-20(26-28-22-6-1-2-7-23(22)29-26)14-19-11-10-18-9-8-16-4-3-5-17-12-13-21(19)25(18)24(16)17/h1-14H/b20-14+. The molecule has 0 aliphatic rings. The minimum absolute atomic E-state index is 0.598. The number of thiazole rings is 1. The summed E-state index contributed by atoms with van der Waals surface area (Å²) in [6, 6.07) is 29.7. The van der Waals surface area contributed by atoms with Crippen molar-refractivity contribution in [3.63, 3.8) is 0 Å². The smallest absolute Gasteiger partial charge is 0.135 e. The molecule has 6 aromatic rings. The highest BCUT2D eigenvalue weighted by Crippen LogP contribution is 2.37. The van der Waals surface area contributed by atoms with Crippen LogP contribution in [0.1, 0.15) is 10.6 Å². The molecule has 29 heavy (non-hydrogen) atoms. The van der Waals surface area contributed by atoms with Crippen LogP contribution in [0.4, 0.5) is 0 Å². The third-order valence-corrected chi connectivity index (χ3v) is 6.58. The Bertz CT molecular complexity index is 1570. The van der Waals surface area contributed by atoms with Crippen LogP contribution in [0.3, 0.4) is 0 Å². The van der Waals surface area contributed by atoms with E-state index in [0.717, 1.165) is 20.8 Å². The molecule has 0 bridgehead atoms. The maximum absolute atomic E-state index is 9.86. The van der Waals surface area contributed by atoms with Crippen molar-refractivity contribution in [3.05, 3.63) is 89.4 Å². The second-order valence-corrected chi connectivity index (χ2v) is 8.20. The molecule has 0 amide bonds. The summed E-state index contributed by atoms with van der Waals surface area (Å²) in [5.74, 6) is 0. The molecular formula is C26H14N2S. The van der Waals surface area contributed by atoms with E-state index in [4.69, 9.17) is 0 Å². The van der Waals surface area contributed by atoms with Gasteiger partial charge in [-0.05, 0) is 56.1 Å². The van der Waals surface area contributed by atoms with Gasteiger partial charge in [-0.3, -0.25) is 0 Å². The zero-order valence-electron chi connectivity index (χ0n) is 15.4. The minimum Gasteiger partial charge on any atom is -0.235 e. The number of nitriles is 1. The van der Waals surface area contributed by atoms with Gasteiger partial charge in [0, 0.05) is 0 Å². The van der Waals surface area contributed by atoms with Crippen LogP contribution in [-0.2, 0) is 0 Å². The van der Waals surface area contributed by atoms with E-state index in [2.05, 4.69) is 65.7 Å². The molecule has 1 aromatic heterocycles. The van der Waals surface area contributed by atoms with Gasteiger partial charge in [0.1, 0.15) is 11.1 Å². The van der Waals surface area contributed by atoms with Gasteiger partial charge in [0.15, 0.2) is 0 Å². The van der Waals surface area contributed by atoms with Crippen molar-refractivity contribution in [2.45, 2.75) is 0 Å². The van der Waals surface area contributed by atoms with Crippen LogP contribution in [0.15, 0.2) is 78.9 Å². The summed E-state index contributed by atoms with van der Waals surface area (Å²) < 4.78 is 1.10. The Balaban J connectivity index is 1.63. The number of fused-ring (bicyclic) bond motifs is 1. The summed E-state index contributed by atoms with van der Waals surface area (Å²) in [5, 5.41) is 18.0. The third-order valence-electron chi connectivity index (χ3n) is 5.51. The summed E-state index contributed by atoms with van der Waals surface area (Å²) in [7, 11) is 0. The Morgan fingerprint density at radius 2 is 1.52 bits per heavy atom. The lowest BCUT2D eigenvalue weighted by Crippen LogP contribution is -1.87. The summed E-state index contributed by atoms with van der Waals surface area (Å²) in [4.78, 5) is 4.67. The van der Waals surface area contributed by atoms with Gasteiger partial charge in [0.2, 0.25) is 0 Å². The monoisotopic (exact) mass is 386 g/mol. The number of hydrogen-bond acceptors (Lipinski definition) is 3. The van der Waals surface area contributed by atoms with Crippen molar-refractivity contribution >= 4 is 65.5 Å². The molecular weight excluding hydrogens is 372 g/mol. The lowest BCUT2D eigenvalue weighted by atomic mass is 9.91. The van der Waals surface area contributed by atoms with Crippen LogP contribution in [-0.4, -0.2) is 4.98 Å². The molecule has 0 aliphatic carbocycles. The quantitative estimate of drug-likeness (QED) is 0.232. The molecule has 134 valence electrons. The Kier molecular flexibility index (Phi) is 3.43. The molecule has 0 spiro atoms. The van der Waals surface area contributed by atoms with Crippen LogP contribution < -0.4 is 0 Å². The number of hydrogen-bond donors (Lipinski definition) is 0. The SMILES string of the molecule is N#C/C(=C\c1ccc2ccc3cccc4ccc1c2c34)c1nc2ccccc2s1. The normalized spacial score (nSPS) is 12.3. The van der Waals surface area contributed by atoms with Gasteiger partial charge < -0.3 is 0 Å². The molecule has 3 heteroatoms. The fourth-order valence-electron chi connectivity index (χ4n) is 4.17. The summed E-state index contributed by atoms with van der Waals surface area (Å²) in [6.07, 6.45) is 1.98. The molecule has 0 N–H and O–H groups in total. The molecule has 0 saturated heterocycles. The van der Waals surface area contributed by atoms with Crippen molar-refractivity contribution in [2.24, 2.45) is 0 Å². The second kappa shape index (κ2) is 6.13. The largest absolute Gasteiger partial charge is 0.235 e. The zero-order valence-corrected chi connectivity index (χ0v) is 16.2. The zero-order chi connectivity index (χ0) is 19.4.